The Morgan fingerprint density at radius 3 is 2.50 bits per heavy atom. The van der Waals surface area contributed by atoms with Crippen molar-refractivity contribution < 1.29 is 13.2 Å². The molecule has 5 heteroatoms. The van der Waals surface area contributed by atoms with Crippen molar-refractivity contribution in [1.29, 1.82) is 0 Å². The van der Waals surface area contributed by atoms with Gasteiger partial charge in [-0.2, -0.15) is 13.2 Å². The largest absolute Gasteiger partial charge is 0.433 e. The Morgan fingerprint density at radius 1 is 1.33 bits per heavy atom. The van der Waals surface area contributed by atoms with Crippen molar-refractivity contribution in [3.8, 4) is 0 Å². The first-order chi connectivity index (χ1) is 8.33. The molecule has 0 bridgehead atoms. The molecule has 100 valence electrons. The fraction of sp³-hybridized carbons (Fsp3) is 0.615. The van der Waals surface area contributed by atoms with E-state index < -0.39 is 11.9 Å². The molecule has 2 nitrogen and oxygen atoms in total. The zero-order valence-electron chi connectivity index (χ0n) is 10.5. The first-order valence-corrected chi connectivity index (χ1v) is 6.12. The summed E-state index contributed by atoms with van der Waals surface area (Å²) in [7, 11) is 0. The lowest BCUT2D eigenvalue weighted by atomic mass is 9.92. The molecule has 0 spiro atoms. The highest BCUT2D eigenvalue weighted by Gasteiger charge is 2.45. The van der Waals surface area contributed by atoms with Crippen LogP contribution < -0.4 is 5.32 Å². The molecule has 1 fully saturated rings. The molecule has 1 saturated carbocycles. The summed E-state index contributed by atoms with van der Waals surface area (Å²) in [6.45, 7) is 4.99. The Balaban J connectivity index is 2.02. The Bertz CT molecular complexity index is 422. The Hall–Kier alpha value is -1.26. The molecular weight excluding hydrogens is 241 g/mol. The fourth-order valence-corrected chi connectivity index (χ4v) is 2.08. The molecule has 0 aromatic carbocycles. The molecule has 1 aromatic rings. The second-order valence-electron chi connectivity index (χ2n) is 5.28. The molecule has 1 N–H and O–H groups in total. The van der Waals surface area contributed by atoms with Gasteiger partial charge < -0.3 is 5.32 Å². The highest BCUT2D eigenvalue weighted by molar-refractivity contribution is 5.36. The van der Waals surface area contributed by atoms with Crippen molar-refractivity contribution in [1.82, 2.24) is 4.98 Å². The maximum atomic E-state index is 12.5. The minimum absolute atomic E-state index is 0.246. The molecule has 1 aliphatic carbocycles. The third-order valence-corrected chi connectivity index (χ3v) is 3.78. The third kappa shape index (κ3) is 2.76. The van der Waals surface area contributed by atoms with Gasteiger partial charge in [-0.1, -0.05) is 19.9 Å². The normalized spacial score (nSPS) is 17.9. The van der Waals surface area contributed by atoms with Crippen LogP contribution in [0.1, 0.15) is 32.4 Å². The highest BCUT2D eigenvalue weighted by Crippen LogP contribution is 2.51. The summed E-state index contributed by atoms with van der Waals surface area (Å²) in [5.74, 6) is 0.840. The van der Waals surface area contributed by atoms with Crippen LogP contribution >= 0.6 is 0 Å². The molecule has 0 radical (unpaired) electrons. The molecule has 0 aliphatic heterocycles. The smallest absolute Gasteiger partial charge is 0.369 e. The number of halogens is 3. The van der Waals surface area contributed by atoms with Gasteiger partial charge >= 0.3 is 6.18 Å². The zero-order valence-corrected chi connectivity index (χ0v) is 10.5. The molecular formula is C13H17F3N2. The van der Waals surface area contributed by atoms with Crippen LogP contribution in [0.2, 0.25) is 0 Å². The number of anilines is 1. The lowest BCUT2D eigenvalue weighted by molar-refractivity contribution is -0.141. The van der Waals surface area contributed by atoms with Gasteiger partial charge in [-0.15, -0.1) is 0 Å². The van der Waals surface area contributed by atoms with E-state index in [0.717, 1.165) is 18.9 Å². The molecule has 0 saturated heterocycles. The average molecular weight is 258 g/mol. The van der Waals surface area contributed by atoms with Crippen molar-refractivity contribution in [2.75, 3.05) is 11.9 Å². The van der Waals surface area contributed by atoms with E-state index in [-0.39, 0.29) is 5.41 Å². The van der Waals surface area contributed by atoms with Crippen LogP contribution in [0.5, 0.6) is 0 Å². The molecule has 0 atom stereocenters. The minimum Gasteiger partial charge on any atom is -0.369 e. The maximum absolute atomic E-state index is 12.5. The van der Waals surface area contributed by atoms with E-state index in [9.17, 15) is 13.2 Å². The zero-order chi connectivity index (χ0) is 13.4. The molecule has 0 amide bonds. The summed E-state index contributed by atoms with van der Waals surface area (Å²) < 4.78 is 37.5. The van der Waals surface area contributed by atoms with Gasteiger partial charge in [-0.3, -0.25) is 0 Å². The highest BCUT2D eigenvalue weighted by atomic mass is 19.4. The van der Waals surface area contributed by atoms with Crippen LogP contribution in [-0.2, 0) is 6.18 Å². The molecule has 2 rings (SSSR count). The van der Waals surface area contributed by atoms with Crippen LogP contribution in [0.25, 0.3) is 0 Å². The topological polar surface area (TPSA) is 24.9 Å². The van der Waals surface area contributed by atoms with Gasteiger partial charge in [0.25, 0.3) is 0 Å². The van der Waals surface area contributed by atoms with Gasteiger partial charge in [0.2, 0.25) is 0 Å². The Labute approximate surface area is 105 Å². The lowest BCUT2D eigenvalue weighted by Gasteiger charge is -2.20. The number of aromatic nitrogens is 1. The monoisotopic (exact) mass is 258 g/mol. The van der Waals surface area contributed by atoms with Crippen LogP contribution in [0.15, 0.2) is 18.2 Å². The molecule has 1 aliphatic rings. The van der Waals surface area contributed by atoms with E-state index >= 15 is 0 Å². The van der Waals surface area contributed by atoms with Gasteiger partial charge in [0.1, 0.15) is 11.5 Å². The van der Waals surface area contributed by atoms with E-state index in [0.29, 0.717) is 18.3 Å². The fourth-order valence-electron chi connectivity index (χ4n) is 2.08. The molecule has 18 heavy (non-hydrogen) atoms. The predicted molar refractivity (Wildman–Crippen MR) is 64.2 cm³/mol. The maximum Gasteiger partial charge on any atom is 0.433 e. The van der Waals surface area contributed by atoms with E-state index in [1.54, 1.807) is 6.07 Å². The van der Waals surface area contributed by atoms with Crippen molar-refractivity contribution in [2.45, 2.75) is 32.9 Å². The van der Waals surface area contributed by atoms with Gasteiger partial charge in [0.15, 0.2) is 0 Å². The van der Waals surface area contributed by atoms with Gasteiger partial charge in [0, 0.05) is 6.54 Å². The van der Waals surface area contributed by atoms with E-state index in [2.05, 4.69) is 24.1 Å². The van der Waals surface area contributed by atoms with Gasteiger partial charge in [0.05, 0.1) is 0 Å². The number of hydrogen-bond donors (Lipinski definition) is 1. The van der Waals surface area contributed by atoms with E-state index in [4.69, 9.17) is 0 Å². The van der Waals surface area contributed by atoms with Crippen LogP contribution in [0.3, 0.4) is 0 Å². The van der Waals surface area contributed by atoms with Crippen LogP contribution in [0, 0.1) is 11.3 Å². The number of nitrogens with one attached hydrogen (secondary N) is 1. The van der Waals surface area contributed by atoms with Crippen molar-refractivity contribution in [3.05, 3.63) is 23.9 Å². The first-order valence-electron chi connectivity index (χ1n) is 6.12. The van der Waals surface area contributed by atoms with Crippen LogP contribution in [-0.4, -0.2) is 11.5 Å². The standard InChI is InChI=1S/C13H17F3N2/c1-9(2)12(6-7-12)8-17-11-5-3-4-10(18-11)13(14,15)16/h3-5,9H,6-8H2,1-2H3,(H,17,18). The second kappa shape index (κ2) is 4.44. The second-order valence-corrected chi connectivity index (χ2v) is 5.28. The van der Waals surface area contributed by atoms with Gasteiger partial charge in [-0.05, 0) is 36.3 Å². The molecule has 1 heterocycles. The number of rotatable bonds is 4. The van der Waals surface area contributed by atoms with Crippen molar-refractivity contribution in [2.24, 2.45) is 11.3 Å². The lowest BCUT2D eigenvalue weighted by Crippen LogP contribution is -2.21. The summed E-state index contributed by atoms with van der Waals surface area (Å²) in [6, 6.07) is 3.94. The van der Waals surface area contributed by atoms with Crippen molar-refractivity contribution in [3.63, 3.8) is 0 Å². The summed E-state index contributed by atoms with van der Waals surface area (Å²) in [6.07, 6.45) is -2.11. The first kappa shape index (κ1) is 13.2. The van der Waals surface area contributed by atoms with Crippen molar-refractivity contribution >= 4 is 5.82 Å². The predicted octanol–water partition coefficient (Wildman–Crippen LogP) is 3.95. The van der Waals surface area contributed by atoms with E-state index in [1.807, 2.05) is 0 Å². The number of pyridine rings is 1. The Kier molecular flexibility index (Phi) is 3.25. The van der Waals surface area contributed by atoms with Gasteiger partial charge in [-0.25, -0.2) is 4.98 Å². The number of nitrogens with zero attached hydrogens (tertiary/aromatic N) is 1. The summed E-state index contributed by atoms with van der Waals surface area (Å²) >= 11 is 0. The minimum atomic E-state index is -4.38. The summed E-state index contributed by atoms with van der Waals surface area (Å²) in [5.41, 5.74) is -0.600. The van der Waals surface area contributed by atoms with E-state index in [1.165, 1.54) is 6.07 Å². The van der Waals surface area contributed by atoms with Crippen LogP contribution in [0.4, 0.5) is 19.0 Å². The number of hydrogen-bond acceptors (Lipinski definition) is 2. The Morgan fingerprint density at radius 2 is 2.00 bits per heavy atom. The quantitative estimate of drug-likeness (QED) is 0.884. The SMILES string of the molecule is CC(C)C1(CNc2cccc(C(F)(F)F)n2)CC1. The average Bonchev–Trinajstić information content (AvgIpc) is 3.07. The molecule has 1 aromatic heterocycles. The third-order valence-electron chi connectivity index (χ3n) is 3.78. The number of alkyl halides is 3. The summed E-state index contributed by atoms with van der Waals surface area (Å²) in [5, 5.41) is 3.03. The molecule has 0 unspecified atom stereocenters. The summed E-state index contributed by atoms with van der Waals surface area (Å²) in [4.78, 5) is 3.60.